The number of aryl methyl sites for hydroxylation is 3. The highest BCUT2D eigenvalue weighted by Gasteiger charge is 2.17. The lowest BCUT2D eigenvalue weighted by atomic mass is 10.2. The number of nitrogens with two attached hydrogens (primary N) is 1. The number of pyridine rings is 1. The first-order valence-electron chi connectivity index (χ1n) is 9.57. The number of sulfonamides is 1. The number of para-hydroxylation sites is 1. The van der Waals surface area contributed by atoms with E-state index in [4.69, 9.17) is 10.7 Å². The molecule has 8 heteroatoms. The zero-order valence-corrected chi connectivity index (χ0v) is 17.2. The Bertz CT molecular complexity index is 1050. The second-order valence-electron chi connectivity index (χ2n) is 6.95. The number of benzene rings is 1. The normalized spacial score (nSPS) is 11.8. The molecular weight excluding hydrogens is 374 g/mol. The van der Waals surface area contributed by atoms with Gasteiger partial charge >= 0.3 is 0 Å². The Morgan fingerprint density at radius 2 is 1.93 bits per heavy atom. The van der Waals surface area contributed by atoms with Crippen molar-refractivity contribution in [3.8, 4) is 0 Å². The van der Waals surface area contributed by atoms with Gasteiger partial charge in [-0.05, 0) is 37.5 Å². The number of imidazole rings is 1. The largest absolute Gasteiger partial charge is 0.382 e. The van der Waals surface area contributed by atoms with Crippen molar-refractivity contribution in [3.63, 3.8) is 0 Å². The van der Waals surface area contributed by atoms with Crippen LogP contribution in [-0.2, 0) is 23.0 Å². The van der Waals surface area contributed by atoms with E-state index in [9.17, 15) is 8.42 Å². The molecule has 0 atom stereocenters. The van der Waals surface area contributed by atoms with E-state index in [1.807, 2.05) is 13.0 Å². The molecule has 3 N–H and O–H groups in total. The van der Waals surface area contributed by atoms with Gasteiger partial charge in [-0.1, -0.05) is 31.5 Å². The van der Waals surface area contributed by atoms with E-state index < -0.39 is 10.0 Å². The van der Waals surface area contributed by atoms with E-state index in [0.717, 1.165) is 36.2 Å². The van der Waals surface area contributed by atoms with Crippen molar-refractivity contribution in [1.29, 1.82) is 0 Å². The highest BCUT2D eigenvalue weighted by Crippen LogP contribution is 2.25. The third kappa shape index (κ3) is 4.62. The van der Waals surface area contributed by atoms with Crippen LogP contribution in [0.5, 0.6) is 0 Å². The second kappa shape index (κ2) is 8.60. The Kier molecular flexibility index (Phi) is 6.18. The lowest BCUT2D eigenvalue weighted by molar-refractivity contribution is 0.587. The number of hydrogen-bond donors (Lipinski definition) is 2. The van der Waals surface area contributed by atoms with Crippen LogP contribution < -0.4 is 10.5 Å². The summed E-state index contributed by atoms with van der Waals surface area (Å²) in [6.45, 7) is 4.68. The van der Waals surface area contributed by atoms with E-state index in [0.29, 0.717) is 30.0 Å². The van der Waals surface area contributed by atoms with Gasteiger partial charge in [-0.25, -0.2) is 18.4 Å². The first kappa shape index (κ1) is 20.1. The van der Waals surface area contributed by atoms with Gasteiger partial charge in [0.15, 0.2) is 5.82 Å². The predicted molar refractivity (Wildman–Crippen MR) is 114 cm³/mol. The minimum Gasteiger partial charge on any atom is -0.382 e. The van der Waals surface area contributed by atoms with Gasteiger partial charge in [-0.15, -0.1) is 0 Å². The molecule has 0 aliphatic carbocycles. The molecule has 0 bridgehead atoms. The van der Waals surface area contributed by atoms with Crippen LogP contribution in [0.1, 0.15) is 37.6 Å². The standard InChI is InChI=1S/C20H27N5O2S/c1-3-4-11-17-23-18-19(15(2)14-22-20(18)21)25(17)12-8-13-28(26,27)24-16-9-6-5-7-10-16/h5-7,9-10,14,24H,3-4,8,11-13H2,1-2H3,(H2,21,22). The van der Waals surface area contributed by atoms with Crippen molar-refractivity contribution in [2.45, 2.75) is 46.1 Å². The molecule has 2 aromatic heterocycles. The molecule has 0 aliphatic rings. The monoisotopic (exact) mass is 401 g/mol. The summed E-state index contributed by atoms with van der Waals surface area (Å²) >= 11 is 0. The number of fused-ring (bicyclic) bond motifs is 1. The summed E-state index contributed by atoms with van der Waals surface area (Å²) in [5.41, 5.74) is 9.25. The van der Waals surface area contributed by atoms with E-state index >= 15 is 0 Å². The molecule has 2 heterocycles. The number of nitrogens with zero attached hydrogens (tertiary/aromatic N) is 3. The van der Waals surface area contributed by atoms with Crippen LogP contribution in [0.15, 0.2) is 36.5 Å². The fourth-order valence-electron chi connectivity index (χ4n) is 3.28. The molecule has 0 saturated heterocycles. The summed E-state index contributed by atoms with van der Waals surface area (Å²) in [4.78, 5) is 8.91. The summed E-state index contributed by atoms with van der Waals surface area (Å²) in [6.07, 6.45) is 5.13. The fourth-order valence-corrected chi connectivity index (χ4v) is 4.39. The number of anilines is 2. The van der Waals surface area contributed by atoms with E-state index in [1.54, 1.807) is 30.5 Å². The van der Waals surface area contributed by atoms with Gasteiger partial charge in [0.25, 0.3) is 0 Å². The van der Waals surface area contributed by atoms with Crippen molar-refractivity contribution in [3.05, 3.63) is 47.9 Å². The third-order valence-electron chi connectivity index (χ3n) is 4.66. The van der Waals surface area contributed by atoms with E-state index in [1.165, 1.54) is 0 Å². The van der Waals surface area contributed by atoms with Gasteiger partial charge in [0.05, 0.1) is 11.3 Å². The number of rotatable bonds is 9. The first-order valence-corrected chi connectivity index (χ1v) is 11.2. The Labute approximate surface area is 166 Å². The maximum atomic E-state index is 12.4. The minimum absolute atomic E-state index is 0.0361. The van der Waals surface area contributed by atoms with Crippen LogP contribution in [0.2, 0.25) is 0 Å². The average Bonchev–Trinajstić information content (AvgIpc) is 3.03. The summed E-state index contributed by atoms with van der Waals surface area (Å²) in [6, 6.07) is 8.93. The highest BCUT2D eigenvalue weighted by molar-refractivity contribution is 7.92. The Hall–Kier alpha value is -2.61. The topological polar surface area (TPSA) is 103 Å². The summed E-state index contributed by atoms with van der Waals surface area (Å²) in [5, 5.41) is 0. The zero-order chi connectivity index (χ0) is 20.1. The Morgan fingerprint density at radius 3 is 2.64 bits per heavy atom. The van der Waals surface area contributed by atoms with Gasteiger partial charge in [0.2, 0.25) is 10.0 Å². The molecule has 0 aliphatic heterocycles. The minimum atomic E-state index is -3.41. The van der Waals surface area contributed by atoms with Gasteiger partial charge in [0, 0.05) is 24.8 Å². The summed E-state index contributed by atoms with van der Waals surface area (Å²) in [7, 11) is -3.41. The van der Waals surface area contributed by atoms with E-state index in [-0.39, 0.29) is 5.75 Å². The van der Waals surface area contributed by atoms with Crippen molar-refractivity contribution >= 4 is 32.6 Å². The van der Waals surface area contributed by atoms with Crippen LogP contribution in [0.25, 0.3) is 11.0 Å². The number of aromatic nitrogens is 3. The molecule has 0 amide bonds. The molecule has 0 spiro atoms. The second-order valence-corrected chi connectivity index (χ2v) is 8.79. The molecule has 150 valence electrons. The SMILES string of the molecule is CCCCc1nc2c(N)ncc(C)c2n1CCCS(=O)(=O)Nc1ccccc1. The maximum Gasteiger partial charge on any atom is 0.232 e. The molecular formula is C20H27N5O2S. The van der Waals surface area contributed by atoms with Crippen molar-refractivity contribution in [2.24, 2.45) is 0 Å². The van der Waals surface area contributed by atoms with Crippen LogP contribution in [-0.4, -0.2) is 28.7 Å². The van der Waals surface area contributed by atoms with Gasteiger partial charge in [-0.3, -0.25) is 4.72 Å². The Morgan fingerprint density at radius 1 is 1.18 bits per heavy atom. The maximum absolute atomic E-state index is 12.4. The molecule has 28 heavy (non-hydrogen) atoms. The van der Waals surface area contributed by atoms with E-state index in [2.05, 4.69) is 21.2 Å². The first-order chi connectivity index (χ1) is 13.4. The van der Waals surface area contributed by atoms with Crippen LogP contribution in [0.3, 0.4) is 0 Å². The molecule has 0 unspecified atom stereocenters. The highest BCUT2D eigenvalue weighted by atomic mass is 32.2. The number of nitrogens with one attached hydrogen (secondary N) is 1. The molecule has 0 radical (unpaired) electrons. The van der Waals surface area contributed by atoms with Crippen molar-refractivity contribution < 1.29 is 8.42 Å². The van der Waals surface area contributed by atoms with Gasteiger partial charge in [0.1, 0.15) is 11.3 Å². The van der Waals surface area contributed by atoms with Gasteiger partial charge in [-0.2, -0.15) is 0 Å². The van der Waals surface area contributed by atoms with Crippen LogP contribution in [0.4, 0.5) is 11.5 Å². The summed E-state index contributed by atoms with van der Waals surface area (Å²) < 4.78 is 29.5. The molecule has 0 saturated carbocycles. The third-order valence-corrected chi connectivity index (χ3v) is 6.03. The fraction of sp³-hybridized carbons (Fsp3) is 0.400. The number of unbranched alkanes of at least 4 members (excludes halogenated alkanes) is 1. The average molecular weight is 402 g/mol. The predicted octanol–water partition coefficient (Wildman–Crippen LogP) is 3.50. The Balaban J connectivity index is 1.78. The molecule has 0 fully saturated rings. The quantitative estimate of drug-likeness (QED) is 0.571. The van der Waals surface area contributed by atoms with Crippen LogP contribution >= 0.6 is 0 Å². The number of nitrogen functional groups attached to an aromatic ring is 1. The lowest BCUT2D eigenvalue weighted by Gasteiger charge is -2.12. The molecule has 3 aromatic rings. The molecule has 1 aromatic carbocycles. The zero-order valence-electron chi connectivity index (χ0n) is 16.4. The lowest BCUT2D eigenvalue weighted by Crippen LogP contribution is -2.18. The smallest absolute Gasteiger partial charge is 0.232 e. The molecule has 7 nitrogen and oxygen atoms in total. The van der Waals surface area contributed by atoms with Crippen molar-refractivity contribution in [1.82, 2.24) is 14.5 Å². The van der Waals surface area contributed by atoms with Gasteiger partial charge < -0.3 is 10.3 Å². The van der Waals surface area contributed by atoms with Crippen LogP contribution in [0, 0.1) is 6.92 Å². The molecule has 3 rings (SSSR count). The number of hydrogen-bond acceptors (Lipinski definition) is 5. The summed E-state index contributed by atoms with van der Waals surface area (Å²) in [5.74, 6) is 1.39. The van der Waals surface area contributed by atoms with Crippen molar-refractivity contribution in [2.75, 3.05) is 16.2 Å².